The maximum atomic E-state index is 13.4. The van der Waals surface area contributed by atoms with Crippen LogP contribution in [-0.4, -0.2) is 5.11 Å². The van der Waals surface area contributed by atoms with Crippen molar-refractivity contribution in [1.82, 2.24) is 0 Å². The van der Waals surface area contributed by atoms with Gasteiger partial charge in [0, 0.05) is 10.8 Å². The Balaban J connectivity index is 2.10. The van der Waals surface area contributed by atoms with Crippen LogP contribution in [0.15, 0.2) is 29.0 Å². The summed E-state index contributed by atoms with van der Waals surface area (Å²) < 4.78 is 26.7. The van der Waals surface area contributed by atoms with E-state index in [9.17, 15) is 8.78 Å². The van der Waals surface area contributed by atoms with Crippen LogP contribution in [0.2, 0.25) is 0 Å². The predicted molar refractivity (Wildman–Crippen MR) is 74.9 cm³/mol. The van der Waals surface area contributed by atoms with Crippen LogP contribution in [0.25, 0.3) is 0 Å². The second-order valence-electron chi connectivity index (χ2n) is 3.42. The monoisotopic (exact) mass is 285 g/mol. The molecule has 0 unspecified atom stereocenters. The molecule has 4 N–H and O–H groups in total. The SMILES string of the molecule is Nc1cscc1NC(=S)Nc1c(F)cccc1F. The molecule has 0 spiro atoms. The van der Waals surface area contributed by atoms with Crippen LogP contribution >= 0.6 is 23.6 Å². The normalized spacial score (nSPS) is 10.1. The number of nitrogens with two attached hydrogens (primary N) is 1. The number of thiophene rings is 1. The lowest BCUT2D eigenvalue weighted by Crippen LogP contribution is -2.20. The first-order chi connectivity index (χ1) is 8.58. The Hall–Kier alpha value is -1.73. The number of nitrogen functional groups attached to an aromatic ring is 1. The van der Waals surface area contributed by atoms with Gasteiger partial charge in [0.05, 0.1) is 11.4 Å². The summed E-state index contributed by atoms with van der Waals surface area (Å²) in [5.41, 5.74) is 6.50. The number of hydrogen-bond acceptors (Lipinski definition) is 3. The van der Waals surface area contributed by atoms with E-state index in [2.05, 4.69) is 10.6 Å². The number of benzene rings is 1. The molecule has 7 heteroatoms. The molecule has 3 nitrogen and oxygen atoms in total. The van der Waals surface area contributed by atoms with E-state index >= 15 is 0 Å². The van der Waals surface area contributed by atoms with E-state index < -0.39 is 11.6 Å². The van der Waals surface area contributed by atoms with Crippen molar-refractivity contribution in [2.75, 3.05) is 16.4 Å². The van der Waals surface area contributed by atoms with Crippen molar-refractivity contribution in [3.8, 4) is 0 Å². The summed E-state index contributed by atoms with van der Waals surface area (Å²) in [4.78, 5) is 0. The van der Waals surface area contributed by atoms with Gasteiger partial charge in [0.2, 0.25) is 0 Å². The summed E-state index contributed by atoms with van der Waals surface area (Å²) in [6, 6.07) is 3.57. The highest BCUT2D eigenvalue weighted by Crippen LogP contribution is 2.24. The highest BCUT2D eigenvalue weighted by Gasteiger charge is 2.10. The second kappa shape index (κ2) is 5.28. The van der Waals surface area contributed by atoms with Gasteiger partial charge in [-0.1, -0.05) is 6.07 Å². The van der Waals surface area contributed by atoms with Gasteiger partial charge in [0.15, 0.2) is 5.11 Å². The fraction of sp³-hybridized carbons (Fsp3) is 0. The van der Waals surface area contributed by atoms with E-state index in [1.54, 1.807) is 10.8 Å². The minimum Gasteiger partial charge on any atom is -0.396 e. The van der Waals surface area contributed by atoms with Crippen LogP contribution in [-0.2, 0) is 0 Å². The molecule has 94 valence electrons. The van der Waals surface area contributed by atoms with Gasteiger partial charge in [0.1, 0.15) is 17.3 Å². The Labute approximate surface area is 112 Å². The number of thiocarbonyl (C=S) groups is 1. The summed E-state index contributed by atoms with van der Waals surface area (Å²) in [6.07, 6.45) is 0. The molecule has 1 heterocycles. The first-order valence-corrected chi connectivity index (χ1v) is 6.26. The largest absolute Gasteiger partial charge is 0.396 e. The molecular formula is C11H9F2N3S2. The van der Waals surface area contributed by atoms with Crippen molar-refractivity contribution >= 4 is 45.7 Å². The number of nitrogens with one attached hydrogen (secondary N) is 2. The lowest BCUT2D eigenvalue weighted by Gasteiger charge is -2.11. The molecule has 0 amide bonds. The Kier molecular flexibility index (Phi) is 3.73. The number of hydrogen-bond donors (Lipinski definition) is 3. The Morgan fingerprint density at radius 1 is 1.17 bits per heavy atom. The van der Waals surface area contributed by atoms with Gasteiger partial charge in [-0.05, 0) is 24.4 Å². The molecule has 0 saturated heterocycles. The van der Waals surface area contributed by atoms with Crippen LogP contribution in [0.3, 0.4) is 0 Å². The predicted octanol–water partition coefficient (Wildman–Crippen LogP) is 3.42. The molecule has 0 saturated carbocycles. The molecule has 0 fully saturated rings. The zero-order valence-electron chi connectivity index (χ0n) is 9.04. The van der Waals surface area contributed by atoms with Crippen molar-refractivity contribution in [2.45, 2.75) is 0 Å². The quantitative estimate of drug-likeness (QED) is 0.740. The molecule has 0 aliphatic heterocycles. The topological polar surface area (TPSA) is 50.1 Å². The number of para-hydroxylation sites is 1. The summed E-state index contributed by atoms with van der Waals surface area (Å²) >= 11 is 6.35. The lowest BCUT2D eigenvalue weighted by molar-refractivity contribution is 0.591. The summed E-state index contributed by atoms with van der Waals surface area (Å²) in [5.74, 6) is -1.42. The molecule has 0 radical (unpaired) electrons. The molecule has 2 rings (SSSR count). The highest BCUT2D eigenvalue weighted by molar-refractivity contribution is 7.80. The maximum Gasteiger partial charge on any atom is 0.175 e. The van der Waals surface area contributed by atoms with Crippen LogP contribution < -0.4 is 16.4 Å². The maximum absolute atomic E-state index is 13.4. The van der Waals surface area contributed by atoms with Crippen LogP contribution in [0.1, 0.15) is 0 Å². The van der Waals surface area contributed by atoms with Crippen molar-refractivity contribution in [3.05, 3.63) is 40.6 Å². The summed E-state index contributed by atoms with van der Waals surface area (Å²) in [5, 5.41) is 8.78. The van der Waals surface area contributed by atoms with Gasteiger partial charge in [0.25, 0.3) is 0 Å². The summed E-state index contributed by atoms with van der Waals surface area (Å²) in [6.45, 7) is 0. The molecule has 0 aliphatic carbocycles. The smallest absolute Gasteiger partial charge is 0.175 e. The van der Waals surface area contributed by atoms with E-state index in [1.807, 2.05) is 0 Å². The van der Waals surface area contributed by atoms with E-state index in [0.29, 0.717) is 11.4 Å². The van der Waals surface area contributed by atoms with E-state index in [4.69, 9.17) is 18.0 Å². The Bertz CT molecular complexity index is 563. The number of rotatable bonds is 2. The van der Waals surface area contributed by atoms with E-state index in [1.165, 1.54) is 17.4 Å². The van der Waals surface area contributed by atoms with Crippen molar-refractivity contribution in [1.29, 1.82) is 0 Å². The molecule has 1 aromatic heterocycles. The molecule has 0 atom stereocenters. The minimum absolute atomic E-state index is 0.0732. The van der Waals surface area contributed by atoms with Gasteiger partial charge >= 0.3 is 0 Å². The third kappa shape index (κ3) is 2.74. The Morgan fingerprint density at radius 3 is 2.39 bits per heavy atom. The zero-order chi connectivity index (χ0) is 13.1. The van der Waals surface area contributed by atoms with Gasteiger partial charge in [-0.3, -0.25) is 0 Å². The highest BCUT2D eigenvalue weighted by atomic mass is 32.1. The van der Waals surface area contributed by atoms with Crippen molar-refractivity contribution in [2.24, 2.45) is 0 Å². The van der Waals surface area contributed by atoms with Crippen LogP contribution in [0, 0.1) is 11.6 Å². The standard InChI is InChI=1S/C11H9F2N3S2/c12-6-2-1-3-7(13)10(6)16-11(17)15-9-5-18-4-8(9)14/h1-5H,14H2,(H2,15,16,17). The molecular weight excluding hydrogens is 276 g/mol. The average molecular weight is 285 g/mol. The minimum atomic E-state index is -0.711. The van der Waals surface area contributed by atoms with Gasteiger partial charge in [-0.25, -0.2) is 8.78 Å². The fourth-order valence-corrected chi connectivity index (χ4v) is 2.18. The molecule has 0 aliphatic rings. The van der Waals surface area contributed by atoms with Gasteiger partial charge in [-0.2, -0.15) is 0 Å². The first-order valence-electron chi connectivity index (χ1n) is 4.91. The number of anilines is 3. The third-order valence-corrected chi connectivity index (χ3v) is 3.11. The zero-order valence-corrected chi connectivity index (χ0v) is 10.7. The van der Waals surface area contributed by atoms with E-state index in [-0.39, 0.29) is 10.8 Å². The molecule has 0 bridgehead atoms. The van der Waals surface area contributed by atoms with Crippen LogP contribution in [0.5, 0.6) is 0 Å². The lowest BCUT2D eigenvalue weighted by atomic mass is 10.3. The average Bonchev–Trinajstić information content (AvgIpc) is 2.70. The van der Waals surface area contributed by atoms with Crippen molar-refractivity contribution in [3.63, 3.8) is 0 Å². The summed E-state index contributed by atoms with van der Waals surface area (Å²) in [7, 11) is 0. The fourth-order valence-electron chi connectivity index (χ4n) is 1.29. The van der Waals surface area contributed by atoms with Gasteiger partial charge < -0.3 is 16.4 Å². The number of halogens is 2. The Morgan fingerprint density at radius 2 is 1.83 bits per heavy atom. The van der Waals surface area contributed by atoms with Crippen molar-refractivity contribution < 1.29 is 8.78 Å². The van der Waals surface area contributed by atoms with Crippen LogP contribution in [0.4, 0.5) is 25.8 Å². The second-order valence-corrected chi connectivity index (χ2v) is 4.57. The third-order valence-electron chi connectivity index (χ3n) is 2.14. The molecule has 18 heavy (non-hydrogen) atoms. The molecule has 1 aromatic carbocycles. The van der Waals surface area contributed by atoms with Gasteiger partial charge in [-0.15, -0.1) is 11.3 Å². The first kappa shape index (κ1) is 12.7. The van der Waals surface area contributed by atoms with E-state index in [0.717, 1.165) is 12.1 Å². The molecule has 2 aromatic rings.